The Hall–Kier alpha value is -3.55. The molecule has 0 bridgehead atoms. The second-order valence-corrected chi connectivity index (χ2v) is 7.64. The molecular formula is C22H19FN4O3. The van der Waals surface area contributed by atoms with Crippen molar-refractivity contribution in [3.63, 3.8) is 0 Å². The van der Waals surface area contributed by atoms with Gasteiger partial charge in [0.05, 0.1) is 11.8 Å². The van der Waals surface area contributed by atoms with Crippen LogP contribution in [0.2, 0.25) is 0 Å². The van der Waals surface area contributed by atoms with Crippen LogP contribution in [-0.4, -0.2) is 46.5 Å². The van der Waals surface area contributed by atoms with Crippen LogP contribution >= 0.6 is 0 Å². The molecular weight excluding hydrogens is 387 g/mol. The van der Waals surface area contributed by atoms with Crippen LogP contribution in [0.15, 0.2) is 59.1 Å². The smallest absolute Gasteiger partial charge is 0.233 e. The molecule has 5 rings (SSSR count). The molecule has 2 fully saturated rings. The first kappa shape index (κ1) is 18.5. The predicted molar refractivity (Wildman–Crippen MR) is 106 cm³/mol. The molecule has 2 saturated heterocycles. The molecule has 7 nitrogen and oxygen atoms in total. The number of likely N-dealkylation sites (tertiary alicyclic amines) is 1. The first-order valence-electron chi connectivity index (χ1n) is 9.82. The number of hydrogen-bond acceptors (Lipinski definition) is 5. The van der Waals surface area contributed by atoms with Crippen LogP contribution in [0.4, 0.5) is 10.1 Å². The zero-order valence-corrected chi connectivity index (χ0v) is 16.1. The van der Waals surface area contributed by atoms with Gasteiger partial charge in [-0.3, -0.25) is 9.59 Å². The van der Waals surface area contributed by atoms with Gasteiger partial charge in [-0.15, -0.1) is 0 Å². The summed E-state index contributed by atoms with van der Waals surface area (Å²) >= 11 is 0. The molecule has 152 valence electrons. The highest BCUT2D eigenvalue weighted by atomic mass is 19.1. The summed E-state index contributed by atoms with van der Waals surface area (Å²) in [7, 11) is 0. The van der Waals surface area contributed by atoms with Gasteiger partial charge in [0.15, 0.2) is 0 Å². The Morgan fingerprint density at radius 2 is 1.77 bits per heavy atom. The second kappa shape index (κ2) is 7.37. The van der Waals surface area contributed by atoms with Crippen LogP contribution in [0.25, 0.3) is 11.4 Å². The fourth-order valence-corrected chi connectivity index (χ4v) is 3.92. The summed E-state index contributed by atoms with van der Waals surface area (Å²) in [4.78, 5) is 32.9. The maximum atomic E-state index is 13.1. The summed E-state index contributed by atoms with van der Waals surface area (Å²) < 4.78 is 18.5. The maximum absolute atomic E-state index is 13.1. The molecule has 2 aliphatic rings. The highest BCUT2D eigenvalue weighted by molar-refractivity contribution is 6.00. The van der Waals surface area contributed by atoms with Crippen molar-refractivity contribution in [2.45, 2.75) is 12.3 Å². The van der Waals surface area contributed by atoms with E-state index in [1.807, 2.05) is 30.3 Å². The molecule has 1 unspecified atom stereocenters. The normalized spacial score (nSPS) is 19.2. The van der Waals surface area contributed by atoms with Crippen LogP contribution in [0.3, 0.4) is 0 Å². The van der Waals surface area contributed by atoms with E-state index in [2.05, 4.69) is 10.1 Å². The van der Waals surface area contributed by atoms with Crippen LogP contribution in [0.1, 0.15) is 18.2 Å². The highest BCUT2D eigenvalue weighted by Crippen LogP contribution is 2.32. The van der Waals surface area contributed by atoms with E-state index >= 15 is 0 Å². The minimum Gasteiger partial charge on any atom is -0.341 e. The fourth-order valence-electron chi connectivity index (χ4n) is 3.92. The number of amides is 2. The van der Waals surface area contributed by atoms with Crippen molar-refractivity contribution in [3.8, 4) is 11.4 Å². The van der Waals surface area contributed by atoms with E-state index in [1.54, 1.807) is 21.9 Å². The minimum absolute atomic E-state index is 0.00391. The molecule has 1 atom stereocenters. The number of carbonyl (C=O) groups excluding carboxylic acids is 2. The average molecular weight is 406 g/mol. The van der Waals surface area contributed by atoms with Crippen LogP contribution in [-0.2, 0) is 9.59 Å². The van der Waals surface area contributed by atoms with Crippen molar-refractivity contribution < 1.29 is 18.5 Å². The Balaban J connectivity index is 1.20. The molecule has 2 amide bonds. The Kier molecular flexibility index (Phi) is 4.54. The van der Waals surface area contributed by atoms with E-state index in [-0.39, 0.29) is 30.0 Å². The second-order valence-electron chi connectivity index (χ2n) is 7.64. The Labute approximate surface area is 172 Å². The molecule has 2 aliphatic heterocycles. The van der Waals surface area contributed by atoms with Gasteiger partial charge in [-0.25, -0.2) is 4.39 Å². The van der Waals surface area contributed by atoms with Gasteiger partial charge in [-0.05, 0) is 24.3 Å². The summed E-state index contributed by atoms with van der Waals surface area (Å²) in [5.74, 6) is 0.130. The summed E-state index contributed by atoms with van der Waals surface area (Å²) in [5.41, 5.74) is 1.49. The lowest BCUT2D eigenvalue weighted by Gasteiger charge is -2.38. The number of benzene rings is 2. The zero-order chi connectivity index (χ0) is 20.7. The number of carbonyl (C=O) groups is 2. The van der Waals surface area contributed by atoms with Gasteiger partial charge < -0.3 is 14.3 Å². The van der Waals surface area contributed by atoms with Crippen LogP contribution in [0.5, 0.6) is 0 Å². The molecule has 0 saturated carbocycles. The Morgan fingerprint density at radius 1 is 1.03 bits per heavy atom. The maximum Gasteiger partial charge on any atom is 0.233 e. The van der Waals surface area contributed by atoms with E-state index in [0.717, 1.165) is 5.56 Å². The highest BCUT2D eigenvalue weighted by Gasteiger charge is 2.42. The molecule has 30 heavy (non-hydrogen) atoms. The van der Waals surface area contributed by atoms with Crippen molar-refractivity contribution in [1.29, 1.82) is 0 Å². The minimum atomic E-state index is -0.397. The van der Waals surface area contributed by atoms with Crippen molar-refractivity contribution in [3.05, 3.63) is 66.3 Å². The average Bonchev–Trinajstić information content (AvgIpc) is 3.35. The van der Waals surface area contributed by atoms with Gasteiger partial charge >= 0.3 is 0 Å². The molecule has 3 aromatic rings. The van der Waals surface area contributed by atoms with E-state index in [0.29, 0.717) is 37.0 Å². The lowest BCUT2D eigenvalue weighted by molar-refractivity contribution is -0.140. The standard InChI is InChI=1S/C22H19FN4O3/c23-17-6-8-18(9-7-17)27-13-15(10-19(27)28)22(29)26-11-16(12-26)21-24-20(25-30-21)14-4-2-1-3-5-14/h1-9,15-16H,10-13H2. The molecule has 0 spiro atoms. The van der Waals surface area contributed by atoms with Crippen LogP contribution < -0.4 is 4.90 Å². The molecule has 1 aromatic heterocycles. The lowest BCUT2D eigenvalue weighted by atomic mass is 9.96. The third-order valence-electron chi connectivity index (χ3n) is 5.63. The quantitative estimate of drug-likeness (QED) is 0.666. The summed E-state index contributed by atoms with van der Waals surface area (Å²) in [6.45, 7) is 1.30. The number of nitrogens with zero attached hydrogens (tertiary/aromatic N) is 4. The van der Waals surface area contributed by atoms with Crippen molar-refractivity contribution in [2.75, 3.05) is 24.5 Å². The van der Waals surface area contributed by atoms with Gasteiger partial charge in [0.1, 0.15) is 5.82 Å². The van der Waals surface area contributed by atoms with Gasteiger partial charge in [-0.2, -0.15) is 4.98 Å². The molecule has 2 aromatic carbocycles. The summed E-state index contributed by atoms with van der Waals surface area (Å²) in [5, 5.41) is 4.03. The summed E-state index contributed by atoms with van der Waals surface area (Å²) in [6.07, 6.45) is 0.163. The molecule has 0 radical (unpaired) electrons. The van der Waals surface area contributed by atoms with E-state index in [9.17, 15) is 14.0 Å². The first-order valence-corrected chi connectivity index (χ1v) is 9.82. The van der Waals surface area contributed by atoms with Crippen molar-refractivity contribution in [2.24, 2.45) is 5.92 Å². The number of aromatic nitrogens is 2. The fraction of sp³-hybridized carbons (Fsp3) is 0.273. The first-order chi connectivity index (χ1) is 14.6. The van der Waals surface area contributed by atoms with Crippen molar-refractivity contribution >= 4 is 17.5 Å². The van der Waals surface area contributed by atoms with Gasteiger partial charge in [0.2, 0.25) is 23.5 Å². The molecule has 3 heterocycles. The number of rotatable bonds is 4. The van der Waals surface area contributed by atoms with Gasteiger partial charge in [0.25, 0.3) is 0 Å². The molecule has 0 aliphatic carbocycles. The third kappa shape index (κ3) is 3.34. The van der Waals surface area contributed by atoms with Crippen molar-refractivity contribution in [1.82, 2.24) is 15.0 Å². The lowest BCUT2D eigenvalue weighted by Crippen LogP contribution is -2.51. The third-order valence-corrected chi connectivity index (χ3v) is 5.63. The number of hydrogen-bond donors (Lipinski definition) is 0. The van der Waals surface area contributed by atoms with Crippen LogP contribution in [0, 0.1) is 11.7 Å². The largest absolute Gasteiger partial charge is 0.341 e. The number of halogens is 1. The Morgan fingerprint density at radius 3 is 2.50 bits per heavy atom. The molecule has 8 heteroatoms. The molecule has 0 N–H and O–H groups in total. The van der Waals surface area contributed by atoms with Gasteiger partial charge in [-0.1, -0.05) is 35.5 Å². The Bertz CT molecular complexity index is 1080. The zero-order valence-electron chi connectivity index (χ0n) is 16.1. The van der Waals surface area contributed by atoms with Gasteiger partial charge in [0, 0.05) is 37.3 Å². The van der Waals surface area contributed by atoms with E-state index in [4.69, 9.17) is 4.52 Å². The monoisotopic (exact) mass is 406 g/mol. The SMILES string of the molecule is O=C(C1CC(=O)N(c2ccc(F)cc2)C1)N1CC(c2nc(-c3ccccc3)no2)C1. The predicted octanol–water partition coefficient (Wildman–Crippen LogP) is 2.85. The topological polar surface area (TPSA) is 79.5 Å². The number of anilines is 1. The van der Waals surface area contributed by atoms with E-state index < -0.39 is 5.92 Å². The van der Waals surface area contributed by atoms with E-state index in [1.165, 1.54) is 12.1 Å². The summed E-state index contributed by atoms with van der Waals surface area (Å²) in [6, 6.07) is 15.3.